The predicted molar refractivity (Wildman–Crippen MR) is 70.0 cm³/mol. The Bertz CT molecular complexity index is 472. The molecule has 0 saturated carbocycles. The lowest BCUT2D eigenvalue weighted by atomic mass is 10.0. The molecule has 0 aliphatic rings. The van der Waals surface area contributed by atoms with Gasteiger partial charge < -0.3 is 10.8 Å². The number of halogens is 1. The largest absolute Gasteiger partial charge is 0.375 e. The minimum absolute atomic E-state index is 0.0498. The number of rotatable bonds is 5. The van der Waals surface area contributed by atoms with E-state index in [-0.39, 0.29) is 10.1 Å². The van der Waals surface area contributed by atoms with Crippen LogP contribution in [0.15, 0.2) is 16.3 Å². The van der Waals surface area contributed by atoms with E-state index in [1.807, 2.05) is 13.8 Å². The van der Waals surface area contributed by atoms with Crippen LogP contribution in [0, 0.1) is 5.92 Å². The van der Waals surface area contributed by atoms with Crippen molar-refractivity contribution < 1.29 is 13.5 Å². The average Bonchev–Trinajstić information content (AvgIpc) is 2.73. The second-order valence-electron chi connectivity index (χ2n) is 3.96. The fraction of sp³-hybridized carbons (Fsp3) is 0.600. The standard InChI is InChI=1S/C10H16ClNO3S2/c1-3-6(2)9(12)10(13)17(14,15)8-5-4-7(11)16-8/h4-6,9-10,13H,3,12H2,1-2H3/t6-,9-,10?/m0/s1. The van der Waals surface area contributed by atoms with Gasteiger partial charge in [0.05, 0.1) is 4.34 Å². The van der Waals surface area contributed by atoms with Crippen molar-refractivity contribution in [2.45, 2.75) is 36.0 Å². The number of aliphatic hydroxyl groups is 1. The molecule has 3 atom stereocenters. The van der Waals surface area contributed by atoms with Crippen LogP contribution in [0.3, 0.4) is 0 Å². The molecule has 1 aromatic heterocycles. The van der Waals surface area contributed by atoms with Crippen LogP contribution in [0.1, 0.15) is 20.3 Å². The lowest BCUT2D eigenvalue weighted by molar-refractivity contribution is 0.187. The third kappa shape index (κ3) is 3.20. The monoisotopic (exact) mass is 297 g/mol. The summed E-state index contributed by atoms with van der Waals surface area (Å²) in [6.07, 6.45) is 0.707. The molecule has 1 unspecified atom stereocenters. The lowest BCUT2D eigenvalue weighted by Crippen LogP contribution is -2.44. The average molecular weight is 298 g/mol. The normalized spacial score (nSPS) is 17.7. The Balaban J connectivity index is 2.99. The second-order valence-corrected chi connectivity index (χ2v) is 7.94. The van der Waals surface area contributed by atoms with Gasteiger partial charge in [-0.1, -0.05) is 31.9 Å². The van der Waals surface area contributed by atoms with Crippen LogP contribution in [0.2, 0.25) is 4.34 Å². The van der Waals surface area contributed by atoms with Crippen molar-refractivity contribution in [3.05, 3.63) is 16.5 Å². The van der Waals surface area contributed by atoms with E-state index in [2.05, 4.69) is 0 Å². The van der Waals surface area contributed by atoms with E-state index >= 15 is 0 Å². The van der Waals surface area contributed by atoms with Crippen LogP contribution in [-0.4, -0.2) is 25.0 Å². The molecule has 1 rings (SSSR count). The molecule has 98 valence electrons. The molecule has 1 heterocycles. The third-order valence-corrected chi connectivity index (χ3v) is 6.40. The van der Waals surface area contributed by atoms with Crippen molar-refractivity contribution in [3.63, 3.8) is 0 Å². The summed E-state index contributed by atoms with van der Waals surface area (Å²) >= 11 is 6.60. The fourth-order valence-electron chi connectivity index (χ4n) is 1.33. The maximum atomic E-state index is 12.0. The van der Waals surface area contributed by atoms with Gasteiger partial charge in [-0.25, -0.2) is 8.42 Å². The van der Waals surface area contributed by atoms with Crippen molar-refractivity contribution in [1.29, 1.82) is 0 Å². The van der Waals surface area contributed by atoms with Gasteiger partial charge in [-0.05, 0) is 18.1 Å². The van der Waals surface area contributed by atoms with Crippen molar-refractivity contribution in [3.8, 4) is 0 Å². The number of aliphatic hydroxyl groups excluding tert-OH is 1. The SMILES string of the molecule is CC[C@H](C)[C@H](N)C(O)S(=O)(=O)c1ccc(Cl)s1. The molecular formula is C10H16ClNO3S2. The topological polar surface area (TPSA) is 80.4 Å². The highest BCUT2D eigenvalue weighted by molar-refractivity contribution is 7.94. The van der Waals surface area contributed by atoms with Gasteiger partial charge in [0.2, 0.25) is 9.84 Å². The fourth-order valence-corrected chi connectivity index (χ4v) is 4.45. The first kappa shape index (κ1) is 14.9. The van der Waals surface area contributed by atoms with Gasteiger partial charge in [0.1, 0.15) is 4.21 Å². The summed E-state index contributed by atoms with van der Waals surface area (Å²) < 4.78 is 24.5. The molecule has 17 heavy (non-hydrogen) atoms. The smallest absolute Gasteiger partial charge is 0.215 e. The van der Waals surface area contributed by atoms with Crippen molar-refractivity contribution in [2.75, 3.05) is 0 Å². The number of nitrogens with two attached hydrogens (primary N) is 1. The first-order valence-electron chi connectivity index (χ1n) is 5.23. The van der Waals surface area contributed by atoms with Crippen LogP contribution in [0.5, 0.6) is 0 Å². The highest BCUT2D eigenvalue weighted by atomic mass is 35.5. The van der Waals surface area contributed by atoms with Crippen LogP contribution < -0.4 is 5.73 Å². The number of hydrogen-bond donors (Lipinski definition) is 2. The van der Waals surface area contributed by atoms with Crippen LogP contribution in [0.4, 0.5) is 0 Å². The summed E-state index contributed by atoms with van der Waals surface area (Å²) in [5.41, 5.74) is 4.15. The van der Waals surface area contributed by atoms with Crippen LogP contribution in [0.25, 0.3) is 0 Å². The van der Waals surface area contributed by atoms with E-state index in [4.69, 9.17) is 17.3 Å². The molecule has 0 saturated heterocycles. The van der Waals surface area contributed by atoms with E-state index < -0.39 is 21.3 Å². The first-order chi connectivity index (χ1) is 7.80. The zero-order valence-corrected chi connectivity index (χ0v) is 12.0. The molecule has 0 aromatic carbocycles. The molecule has 0 aliphatic carbocycles. The van der Waals surface area contributed by atoms with Gasteiger partial charge in [-0.15, -0.1) is 11.3 Å². The Hall–Kier alpha value is -0.140. The Morgan fingerprint density at radius 3 is 2.53 bits per heavy atom. The maximum absolute atomic E-state index is 12.0. The molecule has 4 nitrogen and oxygen atoms in total. The molecule has 3 N–H and O–H groups in total. The van der Waals surface area contributed by atoms with Gasteiger partial charge in [0, 0.05) is 6.04 Å². The molecule has 0 bridgehead atoms. The summed E-state index contributed by atoms with van der Waals surface area (Å²) in [4.78, 5) is 0. The molecule has 0 spiro atoms. The van der Waals surface area contributed by atoms with E-state index in [1.165, 1.54) is 12.1 Å². The third-order valence-electron chi connectivity index (χ3n) is 2.78. The molecule has 0 radical (unpaired) electrons. The van der Waals surface area contributed by atoms with E-state index in [9.17, 15) is 13.5 Å². The number of hydrogen-bond acceptors (Lipinski definition) is 5. The number of thiophene rings is 1. The minimum atomic E-state index is -3.81. The zero-order valence-electron chi connectivity index (χ0n) is 9.63. The second kappa shape index (κ2) is 5.67. The highest BCUT2D eigenvalue weighted by Gasteiger charge is 2.34. The molecule has 0 aliphatic heterocycles. The van der Waals surface area contributed by atoms with Crippen molar-refractivity contribution in [1.82, 2.24) is 0 Å². The van der Waals surface area contributed by atoms with Crippen LogP contribution in [-0.2, 0) is 9.84 Å². The van der Waals surface area contributed by atoms with E-state index in [0.29, 0.717) is 10.8 Å². The summed E-state index contributed by atoms with van der Waals surface area (Å²) in [5.74, 6) is -0.0739. The molecule has 7 heteroatoms. The van der Waals surface area contributed by atoms with Crippen molar-refractivity contribution in [2.24, 2.45) is 11.7 Å². The van der Waals surface area contributed by atoms with Crippen LogP contribution >= 0.6 is 22.9 Å². The minimum Gasteiger partial charge on any atom is -0.375 e. The Kier molecular flexibility index (Phi) is 4.97. The molecular weight excluding hydrogens is 282 g/mol. The first-order valence-corrected chi connectivity index (χ1v) is 7.97. The van der Waals surface area contributed by atoms with Crippen molar-refractivity contribution >= 4 is 32.8 Å². The zero-order chi connectivity index (χ0) is 13.2. The summed E-state index contributed by atoms with van der Waals surface area (Å²) in [7, 11) is -3.81. The van der Waals surface area contributed by atoms with Gasteiger partial charge in [-0.2, -0.15) is 0 Å². The summed E-state index contributed by atoms with van der Waals surface area (Å²) in [6, 6.07) is 2.07. The predicted octanol–water partition coefficient (Wildman–Crippen LogP) is 1.87. The Labute approximate surface area is 110 Å². The van der Waals surface area contributed by atoms with Gasteiger partial charge in [-0.3, -0.25) is 0 Å². The number of sulfone groups is 1. The van der Waals surface area contributed by atoms with Gasteiger partial charge >= 0.3 is 0 Å². The lowest BCUT2D eigenvalue weighted by Gasteiger charge is -2.23. The van der Waals surface area contributed by atoms with E-state index in [1.54, 1.807) is 0 Å². The Morgan fingerprint density at radius 2 is 2.12 bits per heavy atom. The Morgan fingerprint density at radius 1 is 1.53 bits per heavy atom. The molecule has 0 amide bonds. The molecule has 1 aromatic rings. The quantitative estimate of drug-likeness (QED) is 0.869. The summed E-state index contributed by atoms with van der Waals surface area (Å²) in [5, 5.41) is 9.86. The highest BCUT2D eigenvalue weighted by Crippen LogP contribution is 2.29. The van der Waals surface area contributed by atoms with E-state index in [0.717, 1.165) is 11.3 Å². The van der Waals surface area contributed by atoms with Gasteiger partial charge in [0.15, 0.2) is 5.44 Å². The van der Waals surface area contributed by atoms with Gasteiger partial charge in [0.25, 0.3) is 0 Å². The summed E-state index contributed by atoms with van der Waals surface area (Å²) in [6.45, 7) is 3.71. The molecule has 0 fully saturated rings. The maximum Gasteiger partial charge on any atom is 0.215 e.